The molecule has 21 heavy (non-hydrogen) atoms. The van der Waals surface area contributed by atoms with Crippen LogP contribution in [-0.2, 0) is 10.0 Å². The first kappa shape index (κ1) is 16.0. The second-order valence-electron chi connectivity index (χ2n) is 4.79. The Hall–Kier alpha value is -1.37. The molecular weight excluding hydrogens is 310 g/mol. The predicted molar refractivity (Wildman–Crippen MR) is 83.5 cm³/mol. The molecule has 1 heterocycles. The summed E-state index contributed by atoms with van der Waals surface area (Å²) in [5.41, 5.74) is 1.83. The maximum absolute atomic E-state index is 12.3. The van der Waals surface area contributed by atoms with Crippen molar-refractivity contribution in [3.8, 4) is 5.69 Å². The molecule has 5 nitrogen and oxygen atoms in total. The molecule has 0 unspecified atom stereocenters. The van der Waals surface area contributed by atoms with Gasteiger partial charge in [-0.2, -0.15) is 5.10 Å². The molecule has 114 valence electrons. The molecular formula is C14H18ClN3O2S. The van der Waals surface area contributed by atoms with Gasteiger partial charge in [0.05, 0.1) is 17.1 Å². The molecule has 2 aromatic rings. The molecule has 0 amide bonds. The van der Waals surface area contributed by atoms with Crippen LogP contribution in [0.1, 0.15) is 24.7 Å². The van der Waals surface area contributed by atoms with Crippen LogP contribution in [0.15, 0.2) is 29.2 Å². The molecule has 2 rings (SSSR count). The summed E-state index contributed by atoms with van der Waals surface area (Å²) in [5.74, 6) is 0. The van der Waals surface area contributed by atoms with Crippen molar-refractivity contribution >= 4 is 21.6 Å². The van der Waals surface area contributed by atoms with Crippen LogP contribution in [0.2, 0.25) is 5.02 Å². The van der Waals surface area contributed by atoms with Crippen LogP contribution in [0.3, 0.4) is 0 Å². The number of hydrogen-bond acceptors (Lipinski definition) is 3. The highest BCUT2D eigenvalue weighted by Gasteiger charge is 2.24. The summed E-state index contributed by atoms with van der Waals surface area (Å²) in [7, 11) is -3.54. The Kier molecular flexibility index (Phi) is 4.70. The van der Waals surface area contributed by atoms with Gasteiger partial charge in [-0.15, -0.1) is 0 Å². The largest absolute Gasteiger partial charge is 0.244 e. The first-order valence-electron chi connectivity index (χ1n) is 6.68. The zero-order valence-electron chi connectivity index (χ0n) is 12.2. The van der Waals surface area contributed by atoms with Crippen molar-refractivity contribution in [2.75, 3.05) is 6.54 Å². The van der Waals surface area contributed by atoms with Crippen molar-refractivity contribution in [3.63, 3.8) is 0 Å². The number of halogens is 1. The normalized spacial score (nSPS) is 11.8. The lowest BCUT2D eigenvalue weighted by atomic mass is 10.3. The monoisotopic (exact) mass is 327 g/mol. The van der Waals surface area contributed by atoms with E-state index in [1.807, 2.05) is 6.92 Å². The zero-order chi connectivity index (χ0) is 15.6. The number of rotatable bonds is 5. The lowest BCUT2D eigenvalue weighted by molar-refractivity contribution is 0.579. The van der Waals surface area contributed by atoms with Crippen LogP contribution < -0.4 is 4.72 Å². The third kappa shape index (κ3) is 3.28. The summed E-state index contributed by atoms with van der Waals surface area (Å²) in [4.78, 5) is 0.242. The van der Waals surface area contributed by atoms with E-state index in [0.717, 1.165) is 12.1 Å². The van der Waals surface area contributed by atoms with Crippen molar-refractivity contribution in [2.24, 2.45) is 0 Å². The molecule has 1 N–H and O–H groups in total. The average molecular weight is 328 g/mol. The van der Waals surface area contributed by atoms with Gasteiger partial charge in [0, 0.05) is 11.6 Å². The number of hydrogen-bond donors (Lipinski definition) is 1. The Morgan fingerprint density at radius 2 is 1.86 bits per heavy atom. The molecule has 0 atom stereocenters. The Labute approximate surface area is 130 Å². The highest BCUT2D eigenvalue weighted by atomic mass is 35.5. The highest BCUT2D eigenvalue weighted by molar-refractivity contribution is 7.89. The third-order valence-corrected chi connectivity index (χ3v) is 5.07. The molecule has 1 aromatic carbocycles. The fourth-order valence-electron chi connectivity index (χ4n) is 2.16. The first-order valence-corrected chi connectivity index (χ1v) is 8.54. The number of sulfonamides is 1. The minimum Gasteiger partial charge on any atom is -0.236 e. The zero-order valence-corrected chi connectivity index (χ0v) is 13.8. The van der Waals surface area contributed by atoms with Crippen LogP contribution in [0, 0.1) is 13.8 Å². The van der Waals surface area contributed by atoms with Crippen LogP contribution in [0.5, 0.6) is 0 Å². The molecule has 0 saturated carbocycles. The van der Waals surface area contributed by atoms with E-state index in [4.69, 9.17) is 11.6 Å². The van der Waals surface area contributed by atoms with Crippen molar-refractivity contribution < 1.29 is 8.42 Å². The molecule has 0 aliphatic heterocycles. The summed E-state index contributed by atoms with van der Waals surface area (Å²) in [6, 6.07) is 7.10. The van der Waals surface area contributed by atoms with Gasteiger partial charge >= 0.3 is 0 Å². The number of benzene rings is 1. The van der Waals surface area contributed by atoms with E-state index in [1.54, 1.807) is 42.8 Å². The fraction of sp³-hybridized carbons (Fsp3) is 0.357. The second-order valence-corrected chi connectivity index (χ2v) is 6.93. The van der Waals surface area contributed by atoms with Crippen molar-refractivity contribution in [2.45, 2.75) is 32.1 Å². The number of nitrogens with zero attached hydrogens (tertiary/aromatic N) is 2. The van der Waals surface area contributed by atoms with E-state index in [-0.39, 0.29) is 4.90 Å². The Morgan fingerprint density at radius 3 is 2.43 bits per heavy atom. The van der Waals surface area contributed by atoms with Crippen LogP contribution in [0.4, 0.5) is 0 Å². The standard InChI is InChI=1S/C14H18ClN3O2S/c1-4-9-16-21(19,20)14-10(2)17-18(11(14)3)13-7-5-12(15)6-8-13/h5-8,16H,4,9H2,1-3H3. The maximum atomic E-state index is 12.3. The van der Waals surface area contributed by atoms with Gasteiger partial charge in [-0.05, 0) is 44.5 Å². The molecule has 0 fully saturated rings. The second kappa shape index (κ2) is 6.17. The van der Waals surface area contributed by atoms with Gasteiger partial charge in [0.15, 0.2) is 0 Å². The lowest BCUT2D eigenvalue weighted by Gasteiger charge is -2.07. The molecule has 7 heteroatoms. The van der Waals surface area contributed by atoms with Gasteiger partial charge in [-0.1, -0.05) is 18.5 Å². The van der Waals surface area contributed by atoms with Crippen molar-refractivity contribution in [1.82, 2.24) is 14.5 Å². The first-order chi connectivity index (χ1) is 9.86. The summed E-state index contributed by atoms with van der Waals surface area (Å²) >= 11 is 5.87. The molecule has 0 radical (unpaired) electrons. The summed E-state index contributed by atoms with van der Waals surface area (Å²) < 4.78 is 28.9. The Morgan fingerprint density at radius 1 is 1.24 bits per heavy atom. The molecule has 0 aliphatic carbocycles. The topological polar surface area (TPSA) is 64.0 Å². The van der Waals surface area contributed by atoms with Crippen molar-refractivity contribution in [1.29, 1.82) is 0 Å². The van der Waals surface area contributed by atoms with E-state index in [1.165, 1.54) is 0 Å². The van der Waals surface area contributed by atoms with E-state index >= 15 is 0 Å². The number of aromatic nitrogens is 2. The minimum absolute atomic E-state index is 0.242. The van der Waals surface area contributed by atoms with E-state index in [0.29, 0.717) is 23.0 Å². The molecule has 1 aromatic heterocycles. The quantitative estimate of drug-likeness (QED) is 0.918. The Bertz CT molecular complexity index is 736. The fourth-order valence-corrected chi connectivity index (χ4v) is 3.81. The summed E-state index contributed by atoms with van der Waals surface area (Å²) in [5, 5.41) is 4.96. The molecule has 0 bridgehead atoms. The van der Waals surface area contributed by atoms with Crippen LogP contribution >= 0.6 is 11.6 Å². The molecule has 0 spiro atoms. The van der Waals surface area contributed by atoms with Gasteiger partial charge in [0.2, 0.25) is 10.0 Å². The van der Waals surface area contributed by atoms with E-state index in [9.17, 15) is 8.42 Å². The number of aryl methyl sites for hydroxylation is 1. The van der Waals surface area contributed by atoms with Crippen LogP contribution in [0.25, 0.3) is 5.69 Å². The van der Waals surface area contributed by atoms with E-state index in [2.05, 4.69) is 9.82 Å². The molecule has 0 saturated heterocycles. The van der Waals surface area contributed by atoms with Gasteiger partial charge in [0.25, 0.3) is 0 Å². The smallest absolute Gasteiger partial charge is 0.236 e. The van der Waals surface area contributed by atoms with Gasteiger partial charge in [-0.3, -0.25) is 0 Å². The predicted octanol–water partition coefficient (Wildman–Crippen LogP) is 2.83. The lowest BCUT2D eigenvalue weighted by Crippen LogP contribution is -2.25. The van der Waals surface area contributed by atoms with Gasteiger partial charge in [0.1, 0.15) is 4.90 Å². The van der Waals surface area contributed by atoms with Gasteiger partial charge in [-0.25, -0.2) is 17.8 Å². The third-order valence-electron chi connectivity index (χ3n) is 3.11. The maximum Gasteiger partial charge on any atom is 0.244 e. The molecule has 0 aliphatic rings. The van der Waals surface area contributed by atoms with E-state index < -0.39 is 10.0 Å². The number of nitrogens with one attached hydrogen (secondary N) is 1. The van der Waals surface area contributed by atoms with Crippen LogP contribution in [-0.4, -0.2) is 24.7 Å². The minimum atomic E-state index is -3.54. The summed E-state index contributed by atoms with van der Waals surface area (Å²) in [6.45, 7) is 5.77. The Balaban J connectivity index is 2.49. The highest BCUT2D eigenvalue weighted by Crippen LogP contribution is 2.23. The van der Waals surface area contributed by atoms with Crippen molar-refractivity contribution in [3.05, 3.63) is 40.7 Å². The SMILES string of the molecule is CCCNS(=O)(=O)c1c(C)nn(-c2ccc(Cl)cc2)c1C. The van der Waals surface area contributed by atoms with Gasteiger partial charge < -0.3 is 0 Å². The summed E-state index contributed by atoms with van der Waals surface area (Å²) in [6.07, 6.45) is 0.739. The average Bonchev–Trinajstić information content (AvgIpc) is 2.73.